The first-order valence-corrected chi connectivity index (χ1v) is 5.43. The molecule has 0 aliphatic carbocycles. The summed E-state index contributed by atoms with van der Waals surface area (Å²) in [6.45, 7) is 0.717. The SMILES string of the molecule is O=C(O)CN1CC=Cc2ccccc2S1. The van der Waals surface area contributed by atoms with Gasteiger partial charge in [-0.1, -0.05) is 30.4 Å². The molecule has 15 heavy (non-hydrogen) atoms. The summed E-state index contributed by atoms with van der Waals surface area (Å²) in [4.78, 5) is 11.7. The van der Waals surface area contributed by atoms with E-state index in [2.05, 4.69) is 0 Å². The molecule has 0 unspecified atom stereocenters. The van der Waals surface area contributed by atoms with E-state index in [9.17, 15) is 4.79 Å². The van der Waals surface area contributed by atoms with Gasteiger partial charge in [0.1, 0.15) is 6.54 Å². The fourth-order valence-corrected chi connectivity index (χ4v) is 2.42. The molecule has 0 radical (unpaired) electrons. The Morgan fingerprint density at radius 1 is 1.47 bits per heavy atom. The molecule has 4 heteroatoms. The van der Waals surface area contributed by atoms with Gasteiger partial charge in [-0.2, -0.15) is 0 Å². The van der Waals surface area contributed by atoms with Crippen molar-refractivity contribution in [3.8, 4) is 0 Å². The first-order valence-electron chi connectivity index (χ1n) is 4.66. The van der Waals surface area contributed by atoms with Crippen LogP contribution in [-0.4, -0.2) is 28.5 Å². The maximum Gasteiger partial charge on any atom is 0.318 e. The molecule has 1 N–H and O–H groups in total. The van der Waals surface area contributed by atoms with Gasteiger partial charge in [-0.25, -0.2) is 4.31 Å². The molecule has 1 aliphatic heterocycles. The van der Waals surface area contributed by atoms with Crippen LogP contribution >= 0.6 is 11.9 Å². The van der Waals surface area contributed by atoms with Crippen molar-refractivity contribution in [1.29, 1.82) is 0 Å². The smallest absolute Gasteiger partial charge is 0.318 e. The number of nitrogens with zero attached hydrogens (tertiary/aromatic N) is 1. The van der Waals surface area contributed by atoms with Gasteiger partial charge < -0.3 is 5.11 Å². The van der Waals surface area contributed by atoms with E-state index in [-0.39, 0.29) is 6.54 Å². The Balaban J connectivity index is 2.19. The van der Waals surface area contributed by atoms with Crippen LogP contribution in [0.15, 0.2) is 35.2 Å². The number of aliphatic carboxylic acids is 1. The highest BCUT2D eigenvalue weighted by Crippen LogP contribution is 2.29. The van der Waals surface area contributed by atoms with E-state index in [0.29, 0.717) is 6.54 Å². The van der Waals surface area contributed by atoms with Crippen LogP contribution in [0.4, 0.5) is 0 Å². The second kappa shape index (κ2) is 4.51. The molecule has 78 valence electrons. The van der Waals surface area contributed by atoms with Gasteiger partial charge in [0.25, 0.3) is 0 Å². The van der Waals surface area contributed by atoms with E-state index >= 15 is 0 Å². The van der Waals surface area contributed by atoms with E-state index in [4.69, 9.17) is 5.11 Å². The summed E-state index contributed by atoms with van der Waals surface area (Å²) in [6.07, 6.45) is 4.02. The minimum Gasteiger partial charge on any atom is -0.480 e. The van der Waals surface area contributed by atoms with E-state index in [1.54, 1.807) is 0 Å². The van der Waals surface area contributed by atoms with Gasteiger partial charge in [0, 0.05) is 11.4 Å². The molecule has 0 saturated carbocycles. The van der Waals surface area contributed by atoms with Gasteiger partial charge in [-0.15, -0.1) is 0 Å². The molecule has 1 heterocycles. The Bertz CT molecular complexity index is 403. The molecule has 1 aliphatic rings. The molecule has 0 fully saturated rings. The molecule has 1 aromatic rings. The molecule has 0 amide bonds. The zero-order valence-electron chi connectivity index (χ0n) is 8.09. The third-order valence-corrected chi connectivity index (χ3v) is 3.17. The Kier molecular flexibility index (Phi) is 3.08. The van der Waals surface area contributed by atoms with Gasteiger partial charge in [0.2, 0.25) is 0 Å². The number of carboxylic acids is 1. The van der Waals surface area contributed by atoms with Crippen LogP contribution in [0.25, 0.3) is 6.08 Å². The largest absolute Gasteiger partial charge is 0.480 e. The Morgan fingerprint density at radius 3 is 3.07 bits per heavy atom. The monoisotopic (exact) mass is 221 g/mol. The topological polar surface area (TPSA) is 40.5 Å². The average Bonchev–Trinajstić information content (AvgIpc) is 2.38. The Morgan fingerprint density at radius 2 is 2.27 bits per heavy atom. The van der Waals surface area contributed by atoms with Gasteiger partial charge in [0.05, 0.1) is 0 Å². The summed E-state index contributed by atoms with van der Waals surface area (Å²) in [5.41, 5.74) is 1.15. The van der Waals surface area contributed by atoms with Crippen LogP contribution in [0, 0.1) is 0 Å². The molecular formula is C11H11NO2S. The van der Waals surface area contributed by atoms with E-state index in [0.717, 1.165) is 10.5 Å². The van der Waals surface area contributed by atoms with Crippen LogP contribution in [0.5, 0.6) is 0 Å². The van der Waals surface area contributed by atoms with Crippen LogP contribution in [0.1, 0.15) is 5.56 Å². The molecule has 1 aromatic carbocycles. The van der Waals surface area contributed by atoms with Gasteiger partial charge >= 0.3 is 5.97 Å². The van der Waals surface area contributed by atoms with Crippen LogP contribution in [-0.2, 0) is 4.79 Å². The number of rotatable bonds is 2. The lowest BCUT2D eigenvalue weighted by molar-refractivity contribution is -0.137. The predicted octanol–water partition coefficient (Wildman–Crippen LogP) is 2.11. The number of benzene rings is 1. The zero-order chi connectivity index (χ0) is 10.7. The lowest BCUT2D eigenvalue weighted by Gasteiger charge is -2.15. The minimum atomic E-state index is -0.796. The quantitative estimate of drug-likeness (QED) is 0.776. The molecule has 0 bridgehead atoms. The second-order valence-electron chi connectivity index (χ2n) is 3.25. The third kappa shape index (κ3) is 2.61. The number of hydrogen-bond donors (Lipinski definition) is 1. The Labute approximate surface area is 92.5 Å². The number of carboxylic acid groups (broad SMARTS) is 1. The lowest BCUT2D eigenvalue weighted by atomic mass is 10.2. The lowest BCUT2D eigenvalue weighted by Crippen LogP contribution is -2.23. The molecule has 0 saturated heterocycles. The maximum absolute atomic E-state index is 10.6. The normalized spacial score (nSPS) is 15.7. The first kappa shape index (κ1) is 10.3. The van der Waals surface area contributed by atoms with E-state index in [1.165, 1.54) is 11.9 Å². The number of fused-ring (bicyclic) bond motifs is 1. The summed E-state index contributed by atoms with van der Waals surface area (Å²) in [5, 5.41) is 8.73. The fourth-order valence-electron chi connectivity index (χ4n) is 1.42. The van der Waals surface area contributed by atoms with Crippen molar-refractivity contribution in [1.82, 2.24) is 4.31 Å². The van der Waals surface area contributed by atoms with Gasteiger partial charge in [0.15, 0.2) is 0 Å². The van der Waals surface area contributed by atoms with E-state index in [1.807, 2.05) is 40.7 Å². The van der Waals surface area contributed by atoms with Crippen molar-refractivity contribution in [3.05, 3.63) is 35.9 Å². The van der Waals surface area contributed by atoms with Crippen molar-refractivity contribution < 1.29 is 9.90 Å². The van der Waals surface area contributed by atoms with Crippen molar-refractivity contribution in [2.24, 2.45) is 0 Å². The highest BCUT2D eigenvalue weighted by molar-refractivity contribution is 7.97. The summed E-state index contributed by atoms with van der Waals surface area (Å²) < 4.78 is 1.82. The molecule has 0 aromatic heterocycles. The summed E-state index contributed by atoms with van der Waals surface area (Å²) in [5.74, 6) is -0.796. The minimum absolute atomic E-state index is 0.0589. The number of hydrogen-bond acceptors (Lipinski definition) is 3. The average molecular weight is 221 g/mol. The summed E-state index contributed by atoms with van der Waals surface area (Å²) in [7, 11) is 0. The third-order valence-electron chi connectivity index (χ3n) is 2.06. The highest BCUT2D eigenvalue weighted by Gasteiger charge is 2.13. The van der Waals surface area contributed by atoms with Crippen molar-refractivity contribution in [2.75, 3.05) is 13.1 Å². The molecular weight excluding hydrogens is 210 g/mol. The predicted molar refractivity (Wildman–Crippen MR) is 60.5 cm³/mol. The Hall–Kier alpha value is -1.26. The van der Waals surface area contributed by atoms with Crippen molar-refractivity contribution in [2.45, 2.75) is 4.90 Å². The van der Waals surface area contributed by atoms with Crippen molar-refractivity contribution >= 4 is 24.0 Å². The second-order valence-corrected chi connectivity index (χ2v) is 4.39. The van der Waals surface area contributed by atoms with Crippen molar-refractivity contribution in [3.63, 3.8) is 0 Å². The maximum atomic E-state index is 10.6. The summed E-state index contributed by atoms with van der Waals surface area (Å²) >= 11 is 1.50. The molecule has 0 atom stereocenters. The van der Waals surface area contributed by atoms with Crippen LogP contribution < -0.4 is 0 Å². The molecule has 0 spiro atoms. The van der Waals surface area contributed by atoms with Crippen LogP contribution in [0.2, 0.25) is 0 Å². The van der Waals surface area contributed by atoms with E-state index < -0.39 is 5.97 Å². The van der Waals surface area contributed by atoms with Gasteiger partial charge in [-0.05, 0) is 23.6 Å². The molecule has 3 nitrogen and oxygen atoms in total. The zero-order valence-corrected chi connectivity index (χ0v) is 8.91. The highest BCUT2D eigenvalue weighted by atomic mass is 32.2. The number of carbonyl (C=O) groups is 1. The summed E-state index contributed by atoms with van der Waals surface area (Å²) in [6, 6.07) is 7.98. The first-order chi connectivity index (χ1) is 7.25. The molecule has 2 rings (SSSR count). The fraction of sp³-hybridized carbons (Fsp3) is 0.182. The standard InChI is InChI=1S/C11H11NO2S/c13-11(14)8-12-7-3-5-9-4-1-2-6-10(9)15-12/h1-6H,7-8H2,(H,13,14). The van der Waals surface area contributed by atoms with Gasteiger partial charge in [-0.3, -0.25) is 4.79 Å². The van der Waals surface area contributed by atoms with Crippen LogP contribution in [0.3, 0.4) is 0 Å².